The van der Waals surface area contributed by atoms with Crippen molar-refractivity contribution in [3.8, 4) is 0 Å². The van der Waals surface area contributed by atoms with Gasteiger partial charge in [-0.2, -0.15) is 0 Å². The third-order valence-corrected chi connectivity index (χ3v) is 25.6. The van der Waals surface area contributed by atoms with Gasteiger partial charge < -0.3 is 181 Å². The van der Waals surface area contributed by atoms with Crippen LogP contribution in [-0.4, -0.2) is 380 Å². The maximum absolute atomic E-state index is 13.7. The van der Waals surface area contributed by atoms with Crippen LogP contribution in [0.2, 0.25) is 0 Å². The number of ether oxygens (including phenoxy) is 13. The van der Waals surface area contributed by atoms with E-state index in [4.69, 9.17) is 73.0 Å². The van der Waals surface area contributed by atoms with Crippen molar-refractivity contribution in [1.82, 2.24) is 30.9 Å². The molecule has 684 valence electrons. The molecule has 22 saturated heterocycles. The Morgan fingerprint density at radius 1 is 0.529 bits per heavy atom. The number of hydrogen-bond acceptors (Lipinski definition) is 38. The number of primary amides is 1. The molecule has 22 aliphatic heterocycles. The molecular weight excluding hydrogens is 1610 g/mol. The van der Waals surface area contributed by atoms with Crippen LogP contribution in [0.4, 0.5) is 5.69 Å². The number of aliphatic hydroxyl groups excluding tert-OH is 17. The lowest BCUT2D eigenvalue weighted by atomic mass is 9.49. The Labute approximate surface area is 695 Å². The zero-order valence-corrected chi connectivity index (χ0v) is 67.8. The van der Waals surface area contributed by atoms with Crippen LogP contribution in [0, 0.1) is 17.3 Å². The molecule has 25 N–H and O–H groups in total. The molecule has 1 saturated carbocycles. The van der Waals surface area contributed by atoms with E-state index in [0.717, 1.165) is 36.8 Å². The predicted molar refractivity (Wildman–Crippen MR) is 404 cm³/mol. The summed E-state index contributed by atoms with van der Waals surface area (Å²) in [4.78, 5) is 67.2. The molecule has 1 aromatic carbocycles. The van der Waals surface area contributed by atoms with Crippen molar-refractivity contribution in [1.29, 1.82) is 0 Å². The van der Waals surface area contributed by atoms with E-state index in [9.17, 15) is 111 Å². The van der Waals surface area contributed by atoms with E-state index in [1.165, 1.54) is 11.6 Å². The normalized spacial score (nSPS) is 41.8. The molecular formula is C77H121N9O35. The predicted octanol–water partition coefficient (Wildman–Crippen LogP) is -9.19. The van der Waals surface area contributed by atoms with E-state index < -0.39 is 290 Å². The lowest BCUT2D eigenvalue weighted by molar-refractivity contribution is -0.403. The van der Waals surface area contributed by atoms with Crippen molar-refractivity contribution in [2.75, 3.05) is 51.5 Å². The van der Waals surface area contributed by atoms with Gasteiger partial charge in [0.25, 0.3) is 0 Å². The molecule has 1 aromatic heterocycles. The van der Waals surface area contributed by atoms with Gasteiger partial charge in [-0.05, 0) is 112 Å². The van der Waals surface area contributed by atoms with Gasteiger partial charge in [-0.1, -0.05) is 58.2 Å². The molecule has 44 nitrogen and oxygen atoms in total. The topological polar surface area (TPSA) is 680 Å². The molecule has 23 fully saturated rings. The fourth-order valence-corrected chi connectivity index (χ4v) is 18.5. The summed E-state index contributed by atoms with van der Waals surface area (Å²) < 4.78 is 78.8. The molecule has 3 aliphatic carbocycles. The molecule has 34 unspecified atom stereocenters. The summed E-state index contributed by atoms with van der Waals surface area (Å²) in [6, 6.07) is 2.64. The first-order chi connectivity index (χ1) is 57.6. The van der Waals surface area contributed by atoms with Crippen molar-refractivity contribution >= 4 is 35.2 Å². The number of nitrogens with two attached hydrogens (primary N) is 2. The number of unbranched alkanes of at least 4 members (excludes halogenated alkanes) is 1. The van der Waals surface area contributed by atoms with Crippen molar-refractivity contribution in [2.45, 2.75) is 339 Å². The van der Waals surface area contributed by atoms with Crippen LogP contribution >= 0.6 is 0 Å². The maximum atomic E-state index is 13.7. The molecule has 0 radical (unpaired) electrons. The van der Waals surface area contributed by atoms with Crippen molar-refractivity contribution in [2.24, 2.45) is 28.7 Å². The summed E-state index contributed by atoms with van der Waals surface area (Å²) in [6.45, 7) is 3.06. The van der Waals surface area contributed by atoms with Crippen LogP contribution in [0.3, 0.4) is 0 Å². The highest BCUT2D eigenvalue weighted by atomic mass is 16.8. The Morgan fingerprint density at radius 3 is 1.41 bits per heavy atom. The molecule has 0 spiro atoms. The summed E-state index contributed by atoms with van der Waals surface area (Å²) in [5, 5.41) is 214. The highest BCUT2D eigenvalue weighted by Crippen LogP contribution is 2.58. The number of anilines is 1. The maximum Gasteiger partial charge on any atom is 0.246 e. The molecule has 37 atom stereocenters. The average molecular weight is 1730 g/mol. The minimum Gasteiger partial charge on any atom is -0.394 e. The Balaban J connectivity index is 0.693. The first-order valence-electron chi connectivity index (χ1n) is 41.6. The zero-order chi connectivity index (χ0) is 87.5. The van der Waals surface area contributed by atoms with Gasteiger partial charge in [-0.3, -0.25) is 24.0 Å². The number of nitrogens with one attached hydrogen (secondary N) is 4. The zero-order valence-electron chi connectivity index (χ0n) is 67.8. The molecule has 12 bridgehead atoms. The molecule has 25 aliphatic rings. The number of aliphatic hydroxyl groups is 17. The first-order valence-corrected chi connectivity index (χ1v) is 41.6. The smallest absolute Gasteiger partial charge is 0.246 e. The summed E-state index contributed by atoms with van der Waals surface area (Å²) in [6.07, 6.45) is -54.2. The second-order valence-electron chi connectivity index (χ2n) is 34.1. The highest BCUT2D eigenvalue weighted by Gasteiger charge is 2.61. The van der Waals surface area contributed by atoms with Gasteiger partial charge in [-0.25, -0.2) is 4.68 Å². The number of aromatic nitrogens is 3. The monoisotopic (exact) mass is 1730 g/mol. The molecule has 5 amide bonds. The van der Waals surface area contributed by atoms with Crippen LogP contribution in [0.15, 0.2) is 18.2 Å². The third kappa shape index (κ3) is 20.1. The Hall–Kier alpha value is -5.53. The quantitative estimate of drug-likeness (QED) is 0.0460. The number of benzene rings is 1. The largest absolute Gasteiger partial charge is 0.394 e. The second kappa shape index (κ2) is 40.6. The van der Waals surface area contributed by atoms with Crippen LogP contribution in [0.5, 0.6) is 0 Å². The number of aryl methyl sites for hydroxylation is 1. The number of carbonyl (C=O) groups excluding carboxylic acids is 5. The number of nitrogens with zero attached hydrogens (tertiary/aromatic N) is 3. The lowest BCUT2D eigenvalue weighted by Crippen LogP contribution is -2.69. The fraction of sp³-hybridized carbons (Fsp3) is 0.831. The number of hydrogen-bond donors (Lipinski definition) is 23. The van der Waals surface area contributed by atoms with Crippen LogP contribution in [0.25, 0.3) is 0 Å². The number of carbonyl (C=O) groups is 5. The van der Waals surface area contributed by atoms with E-state index in [2.05, 4.69) is 38.5 Å². The van der Waals surface area contributed by atoms with Crippen molar-refractivity contribution in [3.63, 3.8) is 0 Å². The van der Waals surface area contributed by atoms with Crippen LogP contribution < -0.4 is 32.7 Å². The number of fused-ring (bicyclic) bond motifs is 4. The van der Waals surface area contributed by atoms with E-state index in [1.54, 1.807) is 13.8 Å². The average Bonchev–Trinajstić information content (AvgIpc) is 1.69. The first kappa shape index (κ1) is 94.6. The Kier molecular flexibility index (Phi) is 31.8. The van der Waals surface area contributed by atoms with Gasteiger partial charge in [-0.15, -0.1) is 5.10 Å². The summed E-state index contributed by atoms with van der Waals surface area (Å²) in [7, 11) is 0. The highest BCUT2D eigenvalue weighted by molar-refractivity contribution is 5.98. The van der Waals surface area contributed by atoms with E-state index in [1.807, 2.05) is 25.1 Å². The Bertz CT molecular complexity index is 3780. The van der Waals surface area contributed by atoms with Gasteiger partial charge >= 0.3 is 0 Å². The molecule has 2 aromatic rings. The van der Waals surface area contributed by atoms with E-state index in [-0.39, 0.29) is 42.3 Å². The molecule has 27 rings (SSSR count). The SMILES string of the molecule is CC(C)[C@H](NC(=O)[C@H](N)CCCCNC(=O)COC1CCCCCc2c1nnn2CC1OC2OC3C(CO)OC(OC4C(CO)OC(OC5C(CO)OC(OC6C(CO)OC(OC7C(CO)OC(OC1C(O)C2O)C(O)C7O)C(O)C6O)C(O)C5O)C(O)C4O)C(O)C3O)C(=O)N[C@@H](C)C(=O)Nc1ccc2c(c1)C1(C)CCCC(C)(C(N)=O)C1CC2. The molecule has 23 heterocycles. The van der Waals surface area contributed by atoms with Crippen molar-refractivity contribution in [3.05, 3.63) is 40.7 Å². The number of amides is 5. The van der Waals surface area contributed by atoms with E-state index in [0.29, 0.717) is 56.3 Å². The molecule has 44 heteroatoms. The fourth-order valence-electron chi connectivity index (χ4n) is 18.5. The lowest BCUT2D eigenvalue weighted by Gasteiger charge is -2.54. The third-order valence-electron chi connectivity index (χ3n) is 25.6. The van der Waals surface area contributed by atoms with Gasteiger partial charge in [0.1, 0.15) is 177 Å². The number of rotatable bonds is 23. The summed E-state index contributed by atoms with van der Waals surface area (Å²) in [5.74, 6) is -2.90. The van der Waals surface area contributed by atoms with Crippen LogP contribution in [-0.2, 0) is 110 Å². The van der Waals surface area contributed by atoms with Gasteiger partial charge in [0, 0.05) is 17.6 Å². The second-order valence-corrected chi connectivity index (χ2v) is 34.1. The van der Waals surface area contributed by atoms with E-state index >= 15 is 0 Å². The van der Waals surface area contributed by atoms with Gasteiger partial charge in [0.15, 0.2) is 37.7 Å². The van der Waals surface area contributed by atoms with Crippen molar-refractivity contribution < 1.29 is 172 Å². The summed E-state index contributed by atoms with van der Waals surface area (Å²) >= 11 is 0. The minimum absolute atomic E-state index is 0.0303. The summed E-state index contributed by atoms with van der Waals surface area (Å²) in [5.41, 5.74) is 14.8. The van der Waals surface area contributed by atoms with Gasteiger partial charge in [0.2, 0.25) is 29.5 Å². The standard InChI is InChI=1S/C77H121N9O35/c1-30(2)46(68(107)81-31(3)66(105)82-33-17-15-32-16-18-44-76(4,34(32)22-33)19-11-20-77(44,5)75(79)108)83-67(106)35(78)12-9-10-21-80-45(92)29-109-37-14-8-6-7-13-36-47(37)84-85-86(36)23-38-60-48(93)54(99)69(110-38)117-61-39(24-87)112-71(56(101)50(61)95)119-63-41(26-89)114-73(58(103)52(63)97)121-65-43(28-91)115-74(59(104)53(65)98)120-64-42(27-90)113-72(57(102)51(64)96)118-62-40(25-88)111-70(116-60)55(100)49(62)94/h15,17,22,30-31,35,37-44,46,48-65,69-74,87-91,93-104H,6-14,16,18-21,23-29,78H2,1-5H3,(H2,79,108)(H,80,92)(H,81,107)(H,82,105)(H,83,106)/t31-,35+,37?,38?,39?,40?,41?,42?,43?,44?,46-,48?,49?,50?,51?,52?,53?,54?,55?,56?,57?,58?,59?,60?,61?,62?,63?,64?,65?,69?,70?,71?,72?,73?,74?,76?,77?/m0/s1. The van der Waals surface area contributed by atoms with Crippen LogP contribution in [0.1, 0.15) is 134 Å². The molecule has 121 heavy (non-hydrogen) atoms. The minimum atomic E-state index is -2.25. The Morgan fingerprint density at radius 2 is 0.975 bits per heavy atom. The van der Waals surface area contributed by atoms with Gasteiger partial charge in [0.05, 0.1) is 51.3 Å².